The fourth-order valence-corrected chi connectivity index (χ4v) is 2.91. The predicted molar refractivity (Wildman–Crippen MR) is 61.7 cm³/mol. The summed E-state index contributed by atoms with van der Waals surface area (Å²) >= 11 is 0. The molecule has 4 atom stereocenters. The van der Waals surface area contributed by atoms with Crippen molar-refractivity contribution < 1.29 is 9.90 Å². The van der Waals surface area contributed by atoms with Gasteiger partial charge in [-0.2, -0.15) is 0 Å². The Hall–Kier alpha value is -0.530. The van der Waals surface area contributed by atoms with Gasteiger partial charge in [-0.1, -0.05) is 33.6 Å². The molecule has 1 aliphatic carbocycles. The minimum Gasteiger partial charge on any atom is -0.481 e. The molecule has 4 unspecified atom stereocenters. The van der Waals surface area contributed by atoms with Crippen molar-refractivity contribution >= 4 is 5.97 Å². The highest BCUT2D eigenvalue weighted by Crippen LogP contribution is 2.40. The van der Waals surface area contributed by atoms with Crippen molar-refractivity contribution in [2.45, 2.75) is 52.9 Å². The molecule has 2 nitrogen and oxygen atoms in total. The third-order valence-corrected chi connectivity index (χ3v) is 4.28. The minimum atomic E-state index is -0.574. The molecule has 1 rings (SSSR count). The van der Waals surface area contributed by atoms with E-state index in [1.807, 2.05) is 0 Å². The Balaban J connectivity index is 2.68. The maximum absolute atomic E-state index is 11.2. The van der Waals surface area contributed by atoms with Crippen LogP contribution in [0, 0.1) is 23.7 Å². The highest BCUT2D eigenvalue weighted by molar-refractivity contribution is 5.70. The highest BCUT2D eigenvalue weighted by Gasteiger charge is 2.36. The number of hydrogen-bond donors (Lipinski definition) is 1. The second-order valence-corrected chi connectivity index (χ2v) is 5.08. The zero-order valence-electron chi connectivity index (χ0n) is 10.2. The van der Waals surface area contributed by atoms with E-state index in [0.717, 1.165) is 31.6 Å². The Morgan fingerprint density at radius 3 is 2.53 bits per heavy atom. The molecule has 1 fully saturated rings. The summed E-state index contributed by atoms with van der Waals surface area (Å²) in [5, 5.41) is 9.21. The number of aliphatic carboxylic acids is 1. The molecule has 1 aliphatic rings. The Morgan fingerprint density at radius 2 is 2.07 bits per heavy atom. The van der Waals surface area contributed by atoms with Crippen molar-refractivity contribution in [3.63, 3.8) is 0 Å². The summed E-state index contributed by atoms with van der Waals surface area (Å²) in [7, 11) is 0. The first-order valence-corrected chi connectivity index (χ1v) is 6.32. The lowest BCUT2D eigenvalue weighted by Crippen LogP contribution is -2.34. The topological polar surface area (TPSA) is 37.3 Å². The molecule has 15 heavy (non-hydrogen) atoms. The number of hydrogen-bond acceptors (Lipinski definition) is 1. The standard InChI is InChI=1S/C13H24O2/c1-4-9(3)12-8-10(5-2)6-7-11(12)13(14)15/h9-12H,4-8H2,1-3H3,(H,14,15). The van der Waals surface area contributed by atoms with E-state index in [2.05, 4.69) is 20.8 Å². The van der Waals surface area contributed by atoms with Gasteiger partial charge in [0.2, 0.25) is 0 Å². The highest BCUT2D eigenvalue weighted by atomic mass is 16.4. The van der Waals surface area contributed by atoms with Gasteiger partial charge in [0, 0.05) is 0 Å². The van der Waals surface area contributed by atoms with Crippen LogP contribution >= 0.6 is 0 Å². The van der Waals surface area contributed by atoms with E-state index in [1.165, 1.54) is 6.42 Å². The van der Waals surface area contributed by atoms with Crippen molar-refractivity contribution in [3.8, 4) is 0 Å². The van der Waals surface area contributed by atoms with E-state index < -0.39 is 5.97 Å². The van der Waals surface area contributed by atoms with Crippen molar-refractivity contribution in [2.24, 2.45) is 23.7 Å². The summed E-state index contributed by atoms with van der Waals surface area (Å²) < 4.78 is 0. The van der Waals surface area contributed by atoms with Gasteiger partial charge in [-0.3, -0.25) is 4.79 Å². The van der Waals surface area contributed by atoms with Gasteiger partial charge in [0.1, 0.15) is 0 Å². The minimum absolute atomic E-state index is 0.0808. The number of carboxylic acid groups (broad SMARTS) is 1. The molecule has 88 valence electrons. The van der Waals surface area contributed by atoms with E-state index in [-0.39, 0.29) is 5.92 Å². The van der Waals surface area contributed by atoms with Crippen molar-refractivity contribution in [2.75, 3.05) is 0 Å². The van der Waals surface area contributed by atoms with Gasteiger partial charge in [0.05, 0.1) is 5.92 Å². The van der Waals surface area contributed by atoms with Crippen LogP contribution in [0.3, 0.4) is 0 Å². The lowest BCUT2D eigenvalue weighted by atomic mass is 9.68. The molecule has 0 aromatic heterocycles. The van der Waals surface area contributed by atoms with Crippen LogP contribution < -0.4 is 0 Å². The van der Waals surface area contributed by atoms with Gasteiger partial charge < -0.3 is 5.11 Å². The summed E-state index contributed by atoms with van der Waals surface area (Å²) in [6.07, 6.45) is 5.44. The van der Waals surface area contributed by atoms with Gasteiger partial charge in [0.15, 0.2) is 0 Å². The van der Waals surface area contributed by atoms with E-state index in [9.17, 15) is 9.90 Å². The van der Waals surface area contributed by atoms with Crippen molar-refractivity contribution in [3.05, 3.63) is 0 Å². The summed E-state index contributed by atoms with van der Waals surface area (Å²) in [4.78, 5) is 11.2. The first-order valence-electron chi connectivity index (χ1n) is 6.32. The average Bonchev–Trinajstić information content (AvgIpc) is 2.26. The monoisotopic (exact) mass is 212 g/mol. The summed E-state index contributed by atoms with van der Waals surface area (Å²) in [6, 6.07) is 0. The Labute approximate surface area is 93.1 Å². The predicted octanol–water partition coefficient (Wildman–Crippen LogP) is 3.56. The molecule has 0 aromatic rings. The first-order chi connectivity index (χ1) is 7.10. The zero-order chi connectivity index (χ0) is 11.4. The van der Waals surface area contributed by atoms with Crippen LogP contribution in [0.25, 0.3) is 0 Å². The van der Waals surface area contributed by atoms with Crippen molar-refractivity contribution in [1.29, 1.82) is 0 Å². The molecule has 0 aliphatic heterocycles. The third-order valence-electron chi connectivity index (χ3n) is 4.28. The zero-order valence-corrected chi connectivity index (χ0v) is 10.2. The Kier molecular flexibility index (Phi) is 4.62. The largest absolute Gasteiger partial charge is 0.481 e. The molecule has 1 N–H and O–H groups in total. The maximum atomic E-state index is 11.2. The van der Waals surface area contributed by atoms with Crippen LogP contribution in [0.1, 0.15) is 52.9 Å². The van der Waals surface area contributed by atoms with Crippen LogP contribution in [0.15, 0.2) is 0 Å². The van der Waals surface area contributed by atoms with E-state index in [0.29, 0.717) is 11.8 Å². The molecule has 0 heterocycles. The van der Waals surface area contributed by atoms with E-state index >= 15 is 0 Å². The van der Waals surface area contributed by atoms with Crippen LogP contribution in [0.5, 0.6) is 0 Å². The van der Waals surface area contributed by atoms with Gasteiger partial charge >= 0.3 is 5.97 Å². The molecular formula is C13H24O2. The fraction of sp³-hybridized carbons (Fsp3) is 0.923. The summed E-state index contributed by atoms with van der Waals surface area (Å²) in [6.45, 7) is 6.59. The molecule has 0 bridgehead atoms. The second-order valence-electron chi connectivity index (χ2n) is 5.08. The lowest BCUT2D eigenvalue weighted by Gasteiger charge is -2.37. The number of rotatable bonds is 4. The Bertz CT molecular complexity index is 213. The van der Waals surface area contributed by atoms with Gasteiger partial charge in [-0.05, 0) is 37.0 Å². The average molecular weight is 212 g/mol. The molecule has 0 radical (unpaired) electrons. The third kappa shape index (κ3) is 2.96. The van der Waals surface area contributed by atoms with E-state index in [4.69, 9.17) is 0 Å². The lowest BCUT2D eigenvalue weighted by molar-refractivity contribution is -0.146. The first kappa shape index (κ1) is 12.5. The van der Waals surface area contributed by atoms with Crippen LogP contribution in [-0.4, -0.2) is 11.1 Å². The number of carboxylic acids is 1. The summed E-state index contributed by atoms with van der Waals surface area (Å²) in [5.74, 6) is 1.07. The quantitative estimate of drug-likeness (QED) is 0.773. The summed E-state index contributed by atoms with van der Waals surface area (Å²) in [5.41, 5.74) is 0. The van der Waals surface area contributed by atoms with Gasteiger partial charge in [-0.25, -0.2) is 0 Å². The van der Waals surface area contributed by atoms with E-state index in [1.54, 1.807) is 0 Å². The van der Waals surface area contributed by atoms with Crippen LogP contribution in [-0.2, 0) is 4.79 Å². The molecule has 0 spiro atoms. The molecule has 0 amide bonds. The van der Waals surface area contributed by atoms with Gasteiger partial charge in [-0.15, -0.1) is 0 Å². The van der Waals surface area contributed by atoms with Crippen molar-refractivity contribution in [1.82, 2.24) is 0 Å². The normalized spacial score (nSPS) is 33.7. The SMILES string of the molecule is CCC1CCC(C(=O)O)C(C(C)CC)C1. The number of carbonyl (C=O) groups is 1. The van der Waals surface area contributed by atoms with Gasteiger partial charge in [0.25, 0.3) is 0 Å². The fourth-order valence-electron chi connectivity index (χ4n) is 2.91. The van der Waals surface area contributed by atoms with Crippen LogP contribution in [0.2, 0.25) is 0 Å². The molecule has 0 saturated heterocycles. The second kappa shape index (κ2) is 5.53. The molecule has 0 aromatic carbocycles. The molecule has 1 saturated carbocycles. The maximum Gasteiger partial charge on any atom is 0.306 e. The van der Waals surface area contributed by atoms with Crippen LogP contribution in [0.4, 0.5) is 0 Å². The smallest absolute Gasteiger partial charge is 0.306 e. The Morgan fingerprint density at radius 1 is 1.40 bits per heavy atom. The molecular weight excluding hydrogens is 188 g/mol. The molecule has 2 heteroatoms.